The van der Waals surface area contributed by atoms with E-state index in [1.54, 1.807) is 18.6 Å². The molecule has 1 amide bonds. The first kappa shape index (κ1) is 28.4. The molecular formula is C36H36N6O. The number of nitrogens with one attached hydrogen (secondary N) is 1. The van der Waals surface area contributed by atoms with Gasteiger partial charge in [-0.3, -0.25) is 19.6 Å². The van der Waals surface area contributed by atoms with Gasteiger partial charge in [-0.2, -0.15) is 0 Å². The Labute approximate surface area is 253 Å². The summed E-state index contributed by atoms with van der Waals surface area (Å²) in [5.74, 6) is 0.604. The van der Waals surface area contributed by atoms with Crippen molar-refractivity contribution in [2.45, 2.75) is 26.4 Å². The van der Waals surface area contributed by atoms with E-state index in [0.29, 0.717) is 12.0 Å². The summed E-state index contributed by atoms with van der Waals surface area (Å²) in [6, 6.07) is 30.4. The molecule has 216 valence electrons. The number of rotatable bonds is 9. The van der Waals surface area contributed by atoms with Crippen LogP contribution in [0.25, 0.3) is 11.3 Å². The summed E-state index contributed by atoms with van der Waals surface area (Å²) >= 11 is 0. The van der Waals surface area contributed by atoms with Crippen LogP contribution in [0.2, 0.25) is 0 Å². The fourth-order valence-corrected chi connectivity index (χ4v) is 5.44. The van der Waals surface area contributed by atoms with Crippen molar-refractivity contribution in [3.8, 4) is 11.3 Å². The molecule has 0 saturated carbocycles. The first-order chi connectivity index (χ1) is 21.1. The molecule has 0 unspecified atom stereocenters. The second-order valence-electron chi connectivity index (χ2n) is 11.1. The van der Waals surface area contributed by atoms with Crippen LogP contribution in [0.3, 0.4) is 0 Å². The Bertz CT molecular complexity index is 1650. The third-order valence-corrected chi connectivity index (χ3v) is 7.95. The maximum Gasteiger partial charge on any atom is 0.255 e. The SMILES string of the molecule is Cc1ccc(NC(=O)c2ccc(CN3CCN(Cc4ccccc4)CC3)cc2)cc1Cc1nccc(-c2cccnc2)n1. The summed E-state index contributed by atoms with van der Waals surface area (Å²) < 4.78 is 0. The van der Waals surface area contributed by atoms with Gasteiger partial charge in [-0.25, -0.2) is 9.97 Å². The van der Waals surface area contributed by atoms with Gasteiger partial charge in [0, 0.05) is 81.1 Å². The average molecular weight is 569 g/mol. The predicted molar refractivity (Wildman–Crippen MR) is 171 cm³/mol. The largest absolute Gasteiger partial charge is 0.322 e. The number of piperazine rings is 1. The fraction of sp³-hybridized carbons (Fsp3) is 0.222. The minimum Gasteiger partial charge on any atom is -0.322 e. The van der Waals surface area contributed by atoms with Crippen LogP contribution in [-0.4, -0.2) is 56.8 Å². The second kappa shape index (κ2) is 13.5. The summed E-state index contributed by atoms with van der Waals surface area (Å²) in [5, 5.41) is 3.07. The number of carbonyl (C=O) groups is 1. The van der Waals surface area contributed by atoms with Crippen molar-refractivity contribution in [3.63, 3.8) is 0 Å². The van der Waals surface area contributed by atoms with E-state index < -0.39 is 0 Å². The van der Waals surface area contributed by atoms with Gasteiger partial charge in [0.2, 0.25) is 0 Å². The number of aromatic nitrogens is 3. The summed E-state index contributed by atoms with van der Waals surface area (Å²) in [5.41, 5.74) is 7.98. The van der Waals surface area contributed by atoms with Crippen LogP contribution in [-0.2, 0) is 19.5 Å². The summed E-state index contributed by atoms with van der Waals surface area (Å²) in [7, 11) is 0. The minimum atomic E-state index is -0.120. The maximum atomic E-state index is 13.1. The van der Waals surface area contributed by atoms with Crippen molar-refractivity contribution < 1.29 is 4.79 Å². The Balaban J connectivity index is 1.03. The first-order valence-corrected chi connectivity index (χ1v) is 14.8. The van der Waals surface area contributed by atoms with Gasteiger partial charge in [0.05, 0.1) is 5.69 Å². The molecule has 1 N–H and O–H groups in total. The molecule has 0 bridgehead atoms. The zero-order chi connectivity index (χ0) is 29.4. The van der Waals surface area contributed by atoms with E-state index in [4.69, 9.17) is 4.98 Å². The Hall–Kier alpha value is -4.72. The number of nitrogens with zero attached hydrogens (tertiary/aromatic N) is 5. The molecule has 7 heteroatoms. The van der Waals surface area contributed by atoms with Crippen LogP contribution in [0, 0.1) is 6.92 Å². The standard InChI is InChI=1S/C36H36N6O/c1-27-9-14-33(22-32(27)23-35-38-17-15-34(40-35)31-8-5-16-37-24-31)39-36(43)30-12-10-29(11-13-30)26-42-20-18-41(19-21-42)25-28-6-3-2-4-7-28/h2-17,22,24H,18-21,23,25-26H2,1H3,(H,39,43). The minimum absolute atomic E-state index is 0.120. The molecule has 2 aromatic heterocycles. The lowest BCUT2D eigenvalue weighted by Gasteiger charge is -2.34. The highest BCUT2D eigenvalue weighted by molar-refractivity contribution is 6.04. The molecule has 3 aromatic carbocycles. The van der Waals surface area contributed by atoms with Crippen LogP contribution in [0.1, 0.15) is 38.4 Å². The van der Waals surface area contributed by atoms with Crippen molar-refractivity contribution in [1.29, 1.82) is 0 Å². The number of hydrogen-bond donors (Lipinski definition) is 1. The van der Waals surface area contributed by atoms with E-state index in [1.807, 2.05) is 48.5 Å². The Morgan fingerprint density at radius 1 is 0.791 bits per heavy atom. The Morgan fingerprint density at radius 3 is 2.21 bits per heavy atom. The average Bonchev–Trinajstić information content (AvgIpc) is 3.05. The molecule has 43 heavy (non-hydrogen) atoms. The zero-order valence-electron chi connectivity index (χ0n) is 24.5. The van der Waals surface area contributed by atoms with Gasteiger partial charge in [-0.1, -0.05) is 48.5 Å². The molecule has 6 rings (SSSR count). The van der Waals surface area contributed by atoms with Crippen LogP contribution < -0.4 is 5.32 Å². The van der Waals surface area contributed by atoms with E-state index in [0.717, 1.165) is 73.2 Å². The monoisotopic (exact) mass is 568 g/mol. The predicted octanol–water partition coefficient (Wildman–Crippen LogP) is 6.01. The number of carbonyl (C=O) groups excluding carboxylic acids is 1. The molecule has 7 nitrogen and oxygen atoms in total. The fourth-order valence-electron chi connectivity index (χ4n) is 5.44. The van der Waals surface area contributed by atoms with Crippen LogP contribution in [0.4, 0.5) is 5.69 Å². The highest BCUT2D eigenvalue weighted by Crippen LogP contribution is 2.21. The van der Waals surface area contributed by atoms with Crippen molar-refractivity contribution in [1.82, 2.24) is 24.8 Å². The molecule has 1 fully saturated rings. The summed E-state index contributed by atoms with van der Waals surface area (Å²) in [4.78, 5) is 31.5. The van der Waals surface area contributed by atoms with Crippen molar-refractivity contribution in [2.75, 3.05) is 31.5 Å². The first-order valence-electron chi connectivity index (χ1n) is 14.8. The molecular weight excluding hydrogens is 532 g/mol. The Morgan fingerprint density at radius 2 is 1.51 bits per heavy atom. The van der Waals surface area contributed by atoms with Gasteiger partial charge >= 0.3 is 0 Å². The van der Waals surface area contributed by atoms with Crippen LogP contribution in [0.15, 0.2) is 110 Å². The maximum absolute atomic E-state index is 13.1. The smallest absolute Gasteiger partial charge is 0.255 e. The number of aryl methyl sites for hydroxylation is 1. The van der Waals surface area contributed by atoms with E-state index in [1.165, 1.54) is 11.1 Å². The third kappa shape index (κ3) is 7.57. The summed E-state index contributed by atoms with van der Waals surface area (Å²) in [6.45, 7) is 8.19. The molecule has 1 aliphatic heterocycles. The van der Waals surface area contributed by atoms with E-state index in [2.05, 4.69) is 74.5 Å². The molecule has 1 aliphatic rings. The van der Waals surface area contributed by atoms with Crippen molar-refractivity contribution >= 4 is 11.6 Å². The zero-order valence-corrected chi connectivity index (χ0v) is 24.5. The van der Waals surface area contributed by atoms with E-state index in [-0.39, 0.29) is 5.91 Å². The molecule has 1 saturated heterocycles. The van der Waals surface area contributed by atoms with Crippen molar-refractivity contribution in [2.24, 2.45) is 0 Å². The second-order valence-corrected chi connectivity index (χ2v) is 11.1. The third-order valence-electron chi connectivity index (χ3n) is 7.95. The molecule has 0 radical (unpaired) electrons. The van der Waals surface area contributed by atoms with Crippen molar-refractivity contribution in [3.05, 3.63) is 143 Å². The number of benzene rings is 3. The van der Waals surface area contributed by atoms with Gasteiger partial charge in [-0.15, -0.1) is 0 Å². The highest BCUT2D eigenvalue weighted by atomic mass is 16.1. The normalized spacial score (nSPS) is 14.0. The number of amides is 1. The topological polar surface area (TPSA) is 74.2 Å². The van der Waals surface area contributed by atoms with Gasteiger partial charge in [0.25, 0.3) is 5.91 Å². The molecule has 0 spiro atoms. The Kier molecular flexibility index (Phi) is 8.92. The highest BCUT2D eigenvalue weighted by Gasteiger charge is 2.17. The quantitative estimate of drug-likeness (QED) is 0.235. The van der Waals surface area contributed by atoms with Gasteiger partial charge in [0.1, 0.15) is 5.82 Å². The van der Waals surface area contributed by atoms with Gasteiger partial charge in [-0.05, 0) is 71.6 Å². The van der Waals surface area contributed by atoms with Crippen LogP contribution in [0.5, 0.6) is 0 Å². The number of anilines is 1. The molecule has 5 aromatic rings. The van der Waals surface area contributed by atoms with Gasteiger partial charge in [0.15, 0.2) is 0 Å². The lowest BCUT2D eigenvalue weighted by atomic mass is 10.0. The van der Waals surface area contributed by atoms with Crippen LogP contribution >= 0.6 is 0 Å². The molecule has 0 atom stereocenters. The number of hydrogen-bond acceptors (Lipinski definition) is 6. The lowest BCUT2D eigenvalue weighted by Crippen LogP contribution is -2.45. The lowest BCUT2D eigenvalue weighted by molar-refractivity contribution is 0.102. The molecule has 0 aliphatic carbocycles. The number of pyridine rings is 1. The summed E-state index contributed by atoms with van der Waals surface area (Å²) in [6.07, 6.45) is 5.90. The van der Waals surface area contributed by atoms with E-state index in [9.17, 15) is 4.79 Å². The van der Waals surface area contributed by atoms with E-state index >= 15 is 0 Å². The molecule has 3 heterocycles. The van der Waals surface area contributed by atoms with Gasteiger partial charge < -0.3 is 5.32 Å².